The van der Waals surface area contributed by atoms with Gasteiger partial charge in [0.2, 0.25) is 0 Å². The second kappa shape index (κ2) is 11.1. The van der Waals surface area contributed by atoms with E-state index in [0.29, 0.717) is 0 Å². The lowest BCUT2D eigenvalue weighted by atomic mass is 9.94. The van der Waals surface area contributed by atoms with Crippen molar-refractivity contribution < 1.29 is 0 Å². The zero-order valence-electron chi connectivity index (χ0n) is 21.9. The quantitative estimate of drug-likeness (QED) is 0.187. The molecule has 0 aliphatic rings. The monoisotopic (exact) mass is 546 g/mol. The van der Waals surface area contributed by atoms with Gasteiger partial charge in [-0.25, -0.2) is 0 Å². The molecule has 0 aliphatic carbocycles. The highest BCUT2D eigenvalue weighted by Gasteiger charge is 2.24. The molecule has 0 heterocycles. The van der Waals surface area contributed by atoms with Crippen LogP contribution in [0.3, 0.4) is 0 Å². The van der Waals surface area contributed by atoms with Crippen LogP contribution in [0.5, 0.6) is 0 Å². The molecule has 7 aromatic rings. The Morgan fingerprint density at radius 1 is 0.375 bits per heavy atom. The fourth-order valence-electron chi connectivity index (χ4n) is 5.50. The first kappa shape index (κ1) is 24.9. The second-order valence-electron chi connectivity index (χ2n) is 9.76. The highest BCUT2D eigenvalue weighted by molar-refractivity contribution is 7.99. The van der Waals surface area contributed by atoms with E-state index >= 15 is 0 Å². The fourth-order valence-corrected chi connectivity index (χ4v) is 8.97. The van der Waals surface area contributed by atoms with Crippen LogP contribution in [0.2, 0.25) is 0 Å². The summed E-state index contributed by atoms with van der Waals surface area (Å²) in [6, 6.07) is 59.8. The average Bonchev–Trinajstić information content (AvgIpc) is 3.03. The van der Waals surface area contributed by atoms with Gasteiger partial charge in [0.25, 0.3) is 0 Å². The Balaban J connectivity index is 1.59. The summed E-state index contributed by atoms with van der Waals surface area (Å²) >= 11 is 1.85. The molecule has 2 heteroatoms. The van der Waals surface area contributed by atoms with Gasteiger partial charge in [0.1, 0.15) is 0 Å². The SMILES string of the molecule is c1ccc(Sc2ccc3ccccc3c2-c2c(P(c3ccccc3)c3ccccc3)ccc3ccccc23)cc1. The molecule has 0 radical (unpaired) electrons. The van der Waals surface area contributed by atoms with Crippen molar-refractivity contribution in [1.29, 1.82) is 0 Å². The average molecular weight is 547 g/mol. The summed E-state index contributed by atoms with van der Waals surface area (Å²) in [5.74, 6) is 0. The molecule has 0 atom stereocenters. The zero-order chi connectivity index (χ0) is 26.7. The molecular weight excluding hydrogens is 519 g/mol. The first-order valence-electron chi connectivity index (χ1n) is 13.5. The van der Waals surface area contributed by atoms with Crippen molar-refractivity contribution in [3.05, 3.63) is 164 Å². The van der Waals surface area contributed by atoms with Gasteiger partial charge in [-0.1, -0.05) is 157 Å². The Labute approximate surface area is 241 Å². The number of hydrogen-bond acceptors (Lipinski definition) is 1. The summed E-state index contributed by atoms with van der Waals surface area (Å²) in [4.78, 5) is 2.52. The van der Waals surface area contributed by atoms with Crippen molar-refractivity contribution in [2.75, 3.05) is 0 Å². The predicted molar refractivity (Wildman–Crippen MR) is 176 cm³/mol. The lowest BCUT2D eigenvalue weighted by molar-refractivity contribution is 1.42. The van der Waals surface area contributed by atoms with Gasteiger partial charge in [0, 0.05) is 15.4 Å². The third kappa shape index (κ3) is 4.73. The summed E-state index contributed by atoms with van der Waals surface area (Å²) in [7, 11) is -0.800. The van der Waals surface area contributed by atoms with Crippen LogP contribution >= 0.6 is 19.7 Å². The summed E-state index contributed by atoms with van der Waals surface area (Å²) in [6.45, 7) is 0. The molecule has 0 bridgehead atoms. The van der Waals surface area contributed by atoms with Crippen LogP contribution in [-0.2, 0) is 0 Å². The molecule has 7 rings (SSSR count). The smallest absolute Gasteiger partial charge is 0.0207 e. The van der Waals surface area contributed by atoms with E-state index in [4.69, 9.17) is 0 Å². The van der Waals surface area contributed by atoms with E-state index in [-0.39, 0.29) is 0 Å². The second-order valence-corrected chi connectivity index (χ2v) is 13.1. The summed E-state index contributed by atoms with van der Waals surface area (Å²) in [5, 5.41) is 9.22. The lowest BCUT2D eigenvalue weighted by Gasteiger charge is -2.25. The van der Waals surface area contributed by atoms with E-state index in [9.17, 15) is 0 Å². The maximum Gasteiger partial charge on any atom is 0.0207 e. The number of hydrogen-bond donors (Lipinski definition) is 0. The van der Waals surface area contributed by atoms with Crippen LogP contribution in [0, 0.1) is 0 Å². The van der Waals surface area contributed by atoms with Gasteiger partial charge in [-0.3, -0.25) is 0 Å². The molecule has 0 saturated carbocycles. The molecule has 7 aromatic carbocycles. The normalized spacial score (nSPS) is 11.3. The van der Waals surface area contributed by atoms with Gasteiger partial charge in [-0.05, 0) is 69.1 Å². The molecule has 0 nitrogen and oxygen atoms in total. The van der Waals surface area contributed by atoms with E-state index in [0.717, 1.165) is 0 Å². The molecule has 0 N–H and O–H groups in total. The Hall–Kier alpha value is -4.16. The van der Waals surface area contributed by atoms with Crippen LogP contribution < -0.4 is 15.9 Å². The summed E-state index contributed by atoms with van der Waals surface area (Å²) < 4.78 is 0. The topological polar surface area (TPSA) is 0 Å². The van der Waals surface area contributed by atoms with Crippen LogP contribution in [-0.4, -0.2) is 0 Å². The minimum atomic E-state index is -0.800. The van der Waals surface area contributed by atoms with Crippen LogP contribution in [0.1, 0.15) is 0 Å². The van der Waals surface area contributed by atoms with Crippen molar-refractivity contribution in [2.45, 2.75) is 9.79 Å². The van der Waals surface area contributed by atoms with Crippen LogP contribution in [0.25, 0.3) is 32.7 Å². The van der Waals surface area contributed by atoms with Gasteiger partial charge in [-0.2, -0.15) is 0 Å². The van der Waals surface area contributed by atoms with Crippen LogP contribution in [0.4, 0.5) is 0 Å². The molecule has 190 valence electrons. The number of fused-ring (bicyclic) bond motifs is 2. The summed E-state index contributed by atoms with van der Waals surface area (Å²) in [6.07, 6.45) is 0. The third-order valence-corrected chi connectivity index (χ3v) is 10.8. The molecule has 40 heavy (non-hydrogen) atoms. The minimum Gasteiger partial charge on any atom is -0.0894 e. The van der Waals surface area contributed by atoms with Gasteiger partial charge in [-0.15, -0.1) is 0 Å². The molecule has 0 aliphatic heterocycles. The van der Waals surface area contributed by atoms with Crippen molar-refractivity contribution in [3.63, 3.8) is 0 Å². The molecule has 0 unspecified atom stereocenters. The molecule has 0 amide bonds. The van der Waals surface area contributed by atoms with Crippen molar-refractivity contribution in [1.82, 2.24) is 0 Å². The zero-order valence-corrected chi connectivity index (χ0v) is 23.7. The lowest BCUT2D eigenvalue weighted by Crippen LogP contribution is -2.22. The van der Waals surface area contributed by atoms with Crippen LogP contribution in [0.15, 0.2) is 174 Å². The highest BCUT2D eigenvalue weighted by Crippen LogP contribution is 2.46. The largest absolute Gasteiger partial charge is 0.0894 e. The van der Waals surface area contributed by atoms with E-state index in [1.165, 1.54) is 58.4 Å². The maximum absolute atomic E-state index is 2.39. The standard InChI is InChI=1S/C38H27PS/c1-4-16-30(17-5-1)39(31-18-6-2-7-19-31)35-26-24-28-14-10-12-22-33(28)37(35)38-34-23-13-11-15-29(34)25-27-36(38)40-32-20-8-3-9-21-32/h1-27H. The van der Waals surface area contributed by atoms with E-state index in [1.807, 2.05) is 11.8 Å². The Kier molecular flexibility index (Phi) is 6.92. The van der Waals surface area contributed by atoms with Gasteiger partial charge in [0.05, 0.1) is 0 Å². The van der Waals surface area contributed by atoms with Crippen molar-refractivity contribution in [3.8, 4) is 11.1 Å². The van der Waals surface area contributed by atoms with Gasteiger partial charge < -0.3 is 0 Å². The van der Waals surface area contributed by atoms with E-state index in [2.05, 4.69) is 164 Å². The molecule has 0 fully saturated rings. The number of benzene rings is 7. The minimum absolute atomic E-state index is 0.800. The third-order valence-electron chi connectivity index (χ3n) is 7.29. The highest BCUT2D eigenvalue weighted by atomic mass is 32.2. The molecular formula is C38H27PS. The number of rotatable bonds is 6. The van der Waals surface area contributed by atoms with Gasteiger partial charge >= 0.3 is 0 Å². The fraction of sp³-hybridized carbons (Fsp3) is 0. The first-order valence-corrected chi connectivity index (χ1v) is 15.7. The Bertz CT molecular complexity index is 1880. The van der Waals surface area contributed by atoms with E-state index in [1.54, 1.807) is 0 Å². The van der Waals surface area contributed by atoms with E-state index < -0.39 is 7.92 Å². The first-order chi connectivity index (χ1) is 19.9. The van der Waals surface area contributed by atoms with Crippen molar-refractivity contribution >= 4 is 57.1 Å². The Morgan fingerprint density at radius 3 is 1.45 bits per heavy atom. The molecule has 0 saturated heterocycles. The molecule has 0 spiro atoms. The predicted octanol–water partition coefficient (Wildman–Crippen LogP) is 9.57. The Morgan fingerprint density at radius 2 is 0.850 bits per heavy atom. The summed E-state index contributed by atoms with van der Waals surface area (Å²) in [5.41, 5.74) is 2.66. The van der Waals surface area contributed by atoms with Crippen molar-refractivity contribution in [2.24, 2.45) is 0 Å². The van der Waals surface area contributed by atoms with Gasteiger partial charge in [0.15, 0.2) is 0 Å². The maximum atomic E-state index is 2.39. The molecule has 0 aromatic heterocycles.